The number of aromatic nitrogens is 1. The van der Waals surface area contributed by atoms with Crippen molar-refractivity contribution in [2.24, 2.45) is 0 Å². The molecule has 1 saturated heterocycles. The summed E-state index contributed by atoms with van der Waals surface area (Å²) in [6, 6.07) is -0.781. The summed E-state index contributed by atoms with van der Waals surface area (Å²) in [5.41, 5.74) is 0.325. The summed E-state index contributed by atoms with van der Waals surface area (Å²) in [5, 5.41) is 12.4. The third-order valence-corrected chi connectivity index (χ3v) is 3.94. The molecule has 0 aromatic carbocycles. The molecule has 1 amide bonds. The second-order valence-corrected chi connectivity index (χ2v) is 5.14. The molecule has 92 valence electrons. The van der Waals surface area contributed by atoms with Gasteiger partial charge in [-0.1, -0.05) is 5.16 Å². The number of hydrogen-bond acceptors (Lipinski definition) is 5. The molecule has 2 unspecified atom stereocenters. The minimum atomic E-state index is -0.982. The Morgan fingerprint density at radius 3 is 2.88 bits per heavy atom. The zero-order valence-corrected chi connectivity index (χ0v) is 10.2. The summed E-state index contributed by atoms with van der Waals surface area (Å²) in [4.78, 5) is 24.6. The number of carbonyl (C=O) groups excluding carboxylic acids is 1. The third kappa shape index (κ3) is 2.02. The summed E-state index contributed by atoms with van der Waals surface area (Å²) in [6.45, 7) is 3.44. The van der Waals surface area contributed by atoms with Crippen molar-refractivity contribution in [2.75, 3.05) is 5.75 Å². The fraction of sp³-hybridized carbons (Fsp3) is 0.500. The molecule has 1 aliphatic rings. The molecule has 1 aromatic rings. The maximum Gasteiger partial charge on any atom is 0.327 e. The number of carboxylic acid groups (broad SMARTS) is 1. The van der Waals surface area contributed by atoms with Gasteiger partial charge in [0.05, 0.1) is 11.6 Å². The van der Waals surface area contributed by atoms with Crippen LogP contribution in [-0.2, 0) is 4.79 Å². The summed E-state index contributed by atoms with van der Waals surface area (Å²) in [7, 11) is 0. The lowest BCUT2D eigenvalue weighted by molar-refractivity contribution is -0.141. The summed E-state index contributed by atoms with van der Waals surface area (Å²) in [6.07, 6.45) is 1.33. The normalized spacial score (nSPS) is 24.0. The Morgan fingerprint density at radius 2 is 2.35 bits per heavy atom. The lowest BCUT2D eigenvalue weighted by Crippen LogP contribution is -2.44. The molecule has 7 heteroatoms. The van der Waals surface area contributed by atoms with Crippen LogP contribution in [0.15, 0.2) is 10.7 Å². The highest BCUT2D eigenvalue weighted by Crippen LogP contribution is 2.30. The molecule has 2 heterocycles. The first-order chi connectivity index (χ1) is 8.02. The number of thioether (sulfide) groups is 1. The van der Waals surface area contributed by atoms with Gasteiger partial charge in [-0.05, 0) is 13.8 Å². The molecular formula is C10H12N2O4S. The van der Waals surface area contributed by atoms with E-state index in [-0.39, 0.29) is 11.3 Å². The molecule has 1 N–H and O–H groups in total. The number of aryl methyl sites for hydroxylation is 1. The Hall–Kier alpha value is -1.50. The smallest absolute Gasteiger partial charge is 0.327 e. The molecule has 2 rings (SSSR count). The van der Waals surface area contributed by atoms with Gasteiger partial charge in [-0.25, -0.2) is 4.79 Å². The van der Waals surface area contributed by atoms with Crippen molar-refractivity contribution in [2.45, 2.75) is 25.3 Å². The van der Waals surface area contributed by atoms with Crippen LogP contribution < -0.4 is 0 Å². The number of amides is 1. The maximum atomic E-state index is 12.2. The fourth-order valence-electron chi connectivity index (χ4n) is 1.78. The second-order valence-electron chi connectivity index (χ2n) is 3.79. The van der Waals surface area contributed by atoms with Crippen LogP contribution in [0.25, 0.3) is 0 Å². The van der Waals surface area contributed by atoms with E-state index < -0.39 is 12.0 Å². The van der Waals surface area contributed by atoms with Gasteiger partial charge in [0.1, 0.15) is 17.4 Å². The van der Waals surface area contributed by atoms with Gasteiger partial charge < -0.3 is 14.5 Å². The maximum absolute atomic E-state index is 12.2. The molecule has 0 spiro atoms. The molecule has 2 atom stereocenters. The van der Waals surface area contributed by atoms with Crippen molar-refractivity contribution in [1.29, 1.82) is 0 Å². The van der Waals surface area contributed by atoms with Crippen LogP contribution in [0, 0.1) is 6.92 Å². The van der Waals surface area contributed by atoms with Gasteiger partial charge in [-0.2, -0.15) is 0 Å². The van der Waals surface area contributed by atoms with Crippen molar-refractivity contribution >= 4 is 23.6 Å². The Balaban J connectivity index is 2.29. The predicted octanol–water partition coefficient (Wildman–Crippen LogP) is 0.971. The standard InChI is InChI=1S/C10H12N2O4S/c1-5-7(3-11-16-5)9(13)12-6(2)17-4-8(12)10(14)15/h3,6,8H,4H2,1-2H3,(H,14,15). The number of carbonyl (C=O) groups is 2. The monoisotopic (exact) mass is 256 g/mol. The van der Waals surface area contributed by atoms with Crippen molar-refractivity contribution in [3.05, 3.63) is 17.5 Å². The van der Waals surface area contributed by atoms with Gasteiger partial charge in [0.15, 0.2) is 0 Å². The molecular weight excluding hydrogens is 244 g/mol. The number of aliphatic carboxylic acids is 1. The van der Waals surface area contributed by atoms with Crippen molar-refractivity contribution in [3.63, 3.8) is 0 Å². The van der Waals surface area contributed by atoms with Gasteiger partial charge in [0.2, 0.25) is 0 Å². The molecule has 0 saturated carbocycles. The van der Waals surface area contributed by atoms with E-state index in [0.29, 0.717) is 17.1 Å². The molecule has 0 bridgehead atoms. The lowest BCUT2D eigenvalue weighted by Gasteiger charge is -2.24. The number of rotatable bonds is 2. The number of carboxylic acids is 1. The first kappa shape index (κ1) is 12.0. The Bertz CT molecular complexity index is 459. The van der Waals surface area contributed by atoms with E-state index in [9.17, 15) is 9.59 Å². The van der Waals surface area contributed by atoms with Crippen LogP contribution in [0.4, 0.5) is 0 Å². The Morgan fingerprint density at radius 1 is 1.65 bits per heavy atom. The minimum absolute atomic E-state index is 0.155. The topological polar surface area (TPSA) is 83.6 Å². The molecule has 0 radical (unpaired) electrons. The van der Waals surface area contributed by atoms with Gasteiger partial charge in [0, 0.05) is 5.75 Å². The van der Waals surface area contributed by atoms with E-state index in [2.05, 4.69) is 5.16 Å². The molecule has 1 aliphatic heterocycles. The van der Waals surface area contributed by atoms with Gasteiger partial charge >= 0.3 is 5.97 Å². The summed E-state index contributed by atoms with van der Waals surface area (Å²) < 4.78 is 4.82. The fourth-order valence-corrected chi connectivity index (χ4v) is 2.95. The van der Waals surface area contributed by atoms with E-state index in [1.54, 1.807) is 6.92 Å². The van der Waals surface area contributed by atoms with Crippen molar-refractivity contribution < 1.29 is 19.2 Å². The molecule has 1 fully saturated rings. The van der Waals surface area contributed by atoms with Crippen LogP contribution in [0.2, 0.25) is 0 Å². The van der Waals surface area contributed by atoms with Crippen LogP contribution in [-0.4, -0.2) is 44.2 Å². The van der Waals surface area contributed by atoms with Gasteiger partial charge in [-0.15, -0.1) is 11.8 Å². The van der Waals surface area contributed by atoms with E-state index >= 15 is 0 Å². The van der Waals surface area contributed by atoms with E-state index in [1.807, 2.05) is 6.92 Å². The zero-order chi connectivity index (χ0) is 12.6. The van der Waals surface area contributed by atoms with Gasteiger partial charge in [-0.3, -0.25) is 4.79 Å². The quantitative estimate of drug-likeness (QED) is 0.848. The predicted molar refractivity (Wildman–Crippen MR) is 60.8 cm³/mol. The Kier molecular flexibility index (Phi) is 3.10. The van der Waals surface area contributed by atoms with Crippen molar-refractivity contribution in [1.82, 2.24) is 10.1 Å². The summed E-state index contributed by atoms with van der Waals surface area (Å²) >= 11 is 1.45. The summed E-state index contributed by atoms with van der Waals surface area (Å²) in [5.74, 6) is -0.506. The average Bonchev–Trinajstić information content (AvgIpc) is 2.83. The first-order valence-corrected chi connectivity index (χ1v) is 6.15. The van der Waals surface area contributed by atoms with Gasteiger partial charge in [0.25, 0.3) is 5.91 Å². The van der Waals surface area contributed by atoms with E-state index in [1.165, 1.54) is 22.9 Å². The van der Waals surface area contributed by atoms with E-state index in [0.717, 1.165) is 0 Å². The highest BCUT2D eigenvalue weighted by Gasteiger charge is 2.40. The van der Waals surface area contributed by atoms with Crippen LogP contribution in [0.5, 0.6) is 0 Å². The zero-order valence-electron chi connectivity index (χ0n) is 9.41. The molecule has 0 aliphatic carbocycles. The largest absolute Gasteiger partial charge is 0.480 e. The SMILES string of the molecule is Cc1oncc1C(=O)N1C(C)SCC1C(=O)O. The number of hydrogen-bond donors (Lipinski definition) is 1. The molecule has 1 aromatic heterocycles. The van der Waals surface area contributed by atoms with Crippen LogP contribution in [0.1, 0.15) is 23.0 Å². The average molecular weight is 256 g/mol. The number of nitrogens with zero attached hydrogens (tertiary/aromatic N) is 2. The lowest BCUT2D eigenvalue weighted by atomic mass is 10.2. The highest BCUT2D eigenvalue weighted by molar-refractivity contribution is 8.00. The minimum Gasteiger partial charge on any atom is -0.480 e. The van der Waals surface area contributed by atoms with Crippen molar-refractivity contribution in [3.8, 4) is 0 Å². The molecule has 6 nitrogen and oxygen atoms in total. The molecule has 17 heavy (non-hydrogen) atoms. The van der Waals surface area contributed by atoms with Crippen LogP contribution in [0.3, 0.4) is 0 Å². The second kappa shape index (κ2) is 4.40. The van der Waals surface area contributed by atoms with Crippen LogP contribution >= 0.6 is 11.8 Å². The Labute approximate surface area is 102 Å². The first-order valence-electron chi connectivity index (χ1n) is 5.10. The third-order valence-electron chi connectivity index (χ3n) is 2.72. The highest BCUT2D eigenvalue weighted by atomic mass is 32.2. The van der Waals surface area contributed by atoms with E-state index in [4.69, 9.17) is 9.63 Å².